The Bertz CT molecular complexity index is 249. The number of ether oxygens (including phenoxy) is 1. The van der Waals surface area contributed by atoms with E-state index >= 15 is 0 Å². The van der Waals surface area contributed by atoms with Crippen molar-refractivity contribution in [2.45, 2.75) is 24.4 Å². The molecule has 0 amide bonds. The van der Waals surface area contributed by atoms with E-state index in [1.165, 1.54) is 0 Å². The first-order valence-electron chi connectivity index (χ1n) is 3.41. The maximum Gasteiger partial charge on any atom is 0.364 e. The van der Waals surface area contributed by atoms with Gasteiger partial charge >= 0.3 is 11.9 Å². The standard InChI is InChI=1S/C6H8O7/c7-2-1-6(12,5(10)11)13-3(2)4(8)9/h2-3,7,12H,1H2,(H,8,9)(H,10,11)/t2-,3?,6?/m1/s1. The predicted molar refractivity (Wildman–Crippen MR) is 35.7 cm³/mol. The zero-order chi connectivity index (χ0) is 10.2. The molecule has 0 aromatic rings. The molecule has 0 spiro atoms. The van der Waals surface area contributed by atoms with Gasteiger partial charge in [-0.05, 0) is 0 Å². The van der Waals surface area contributed by atoms with Gasteiger partial charge in [0.15, 0.2) is 6.10 Å². The first-order chi connectivity index (χ1) is 5.87. The van der Waals surface area contributed by atoms with E-state index < -0.39 is 36.4 Å². The highest BCUT2D eigenvalue weighted by molar-refractivity contribution is 5.79. The van der Waals surface area contributed by atoms with E-state index in [0.29, 0.717) is 0 Å². The number of carboxylic acid groups (broad SMARTS) is 2. The molecule has 0 bridgehead atoms. The maximum atomic E-state index is 10.4. The molecule has 0 saturated carbocycles. The van der Waals surface area contributed by atoms with E-state index in [1.54, 1.807) is 0 Å². The molecular formula is C6H8O7. The van der Waals surface area contributed by atoms with E-state index in [1.807, 2.05) is 0 Å². The summed E-state index contributed by atoms with van der Waals surface area (Å²) in [5, 5.41) is 34.9. The van der Waals surface area contributed by atoms with E-state index in [-0.39, 0.29) is 0 Å². The highest BCUT2D eigenvalue weighted by Crippen LogP contribution is 2.28. The number of carbonyl (C=O) groups is 2. The molecule has 3 atom stereocenters. The molecule has 13 heavy (non-hydrogen) atoms. The monoisotopic (exact) mass is 192 g/mol. The van der Waals surface area contributed by atoms with Crippen LogP contribution >= 0.6 is 0 Å². The summed E-state index contributed by atoms with van der Waals surface area (Å²) in [4.78, 5) is 20.7. The van der Waals surface area contributed by atoms with Crippen molar-refractivity contribution in [2.24, 2.45) is 0 Å². The molecule has 7 heteroatoms. The first kappa shape index (κ1) is 9.90. The van der Waals surface area contributed by atoms with Crippen LogP contribution in [0.5, 0.6) is 0 Å². The van der Waals surface area contributed by atoms with Gasteiger partial charge < -0.3 is 25.2 Å². The largest absolute Gasteiger partial charge is 0.479 e. The summed E-state index contributed by atoms with van der Waals surface area (Å²) < 4.78 is 4.29. The fourth-order valence-electron chi connectivity index (χ4n) is 1.08. The van der Waals surface area contributed by atoms with Crippen LogP contribution in [0.3, 0.4) is 0 Å². The summed E-state index contributed by atoms with van der Waals surface area (Å²) in [6.07, 6.45) is -3.86. The summed E-state index contributed by atoms with van der Waals surface area (Å²) in [6.45, 7) is 0. The van der Waals surface area contributed by atoms with E-state index in [0.717, 1.165) is 0 Å². The normalized spacial score (nSPS) is 38.9. The summed E-state index contributed by atoms with van der Waals surface area (Å²) in [7, 11) is 0. The molecule has 1 aliphatic heterocycles. The van der Waals surface area contributed by atoms with E-state index in [9.17, 15) is 9.59 Å². The molecule has 74 valence electrons. The fraction of sp³-hybridized carbons (Fsp3) is 0.667. The SMILES string of the molecule is O=C(O)C1OC(O)(C(=O)O)C[C@H]1O. The molecule has 0 aromatic heterocycles. The lowest BCUT2D eigenvalue weighted by atomic mass is 10.1. The third-order valence-electron chi connectivity index (χ3n) is 1.73. The summed E-state index contributed by atoms with van der Waals surface area (Å²) in [5.41, 5.74) is 0. The minimum Gasteiger partial charge on any atom is -0.479 e. The number of hydrogen-bond donors (Lipinski definition) is 4. The molecule has 1 saturated heterocycles. The Balaban J connectivity index is 2.80. The molecule has 1 heterocycles. The van der Waals surface area contributed by atoms with Crippen molar-refractivity contribution in [1.29, 1.82) is 0 Å². The zero-order valence-corrected chi connectivity index (χ0v) is 6.38. The molecule has 1 aliphatic rings. The Labute approximate surface area is 72.2 Å². The van der Waals surface area contributed by atoms with Gasteiger partial charge in [-0.15, -0.1) is 0 Å². The third kappa shape index (κ3) is 1.62. The third-order valence-corrected chi connectivity index (χ3v) is 1.73. The molecule has 0 radical (unpaired) electrons. The quantitative estimate of drug-likeness (QED) is 0.398. The van der Waals surface area contributed by atoms with Crippen molar-refractivity contribution in [3.63, 3.8) is 0 Å². The van der Waals surface area contributed by atoms with Gasteiger partial charge in [0.2, 0.25) is 0 Å². The fourth-order valence-corrected chi connectivity index (χ4v) is 1.08. The summed E-state index contributed by atoms with van der Waals surface area (Å²) in [6, 6.07) is 0. The van der Waals surface area contributed by atoms with Crippen LogP contribution in [0.15, 0.2) is 0 Å². The smallest absolute Gasteiger partial charge is 0.364 e. The van der Waals surface area contributed by atoms with Crippen molar-refractivity contribution in [2.75, 3.05) is 0 Å². The number of rotatable bonds is 2. The van der Waals surface area contributed by atoms with Gasteiger partial charge in [-0.1, -0.05) is 0 Å². The second kappa shape index (κ2) is 2.95. The average molecular weight is 192 g/mol. The van der Waals surface area contributed by atoms with Crippen molar-refractivity contribution >= 4 is 11.9 Å². The molecule has 1 fully saturated rings. The Kier molecular flexibility index (Phi) is 2.24. The highest BCUT2D eigenvalue weighted by Gasteiger charge is 2.53. The topological polar surface area (TPSA) is 124 Å². The van der Waals surface area contributed by atoms with Crippen LogP contribution in [0.1, 0.15) is 6.42 Å². The lowest BCUT2D eigenvalue weighted by Crippen LogP contribution is -2.39. The van der Waals surface area contributed by atoms with E-state index in [4.69, 9.17) is 20.4 Å². The van der Waals surface area contributed by atoms with Crippen LogP contribution in [-0.4, -0.2) is 50.4 Å². The second-order valence-corrected chi connectivity index (χ2v) is 2.74. The van der Waals surface area contributed by atoms with Crippen molar-refractivity contribution in [3.8, 4) is 0 Å². The maximum absolute atomic E-state index is 10.4. The number of hydrogen-bond acceptors (Lipinski definition) is 5. The summed E-state index contributed by atoms with van der Waals surface area (Å²) >= 11 is 0. The molecule has 7 nitrogen and oxygen atoms in total. The number of aliphatic hydroxyl groups excluding tert-OH is 1. The van der Waals surface area contributed by atoms with Gasteiger partial charge in [-0.3, -0.25) is 0 Å². The number of carboxylic acids is 2. The molecule has 2 unspecified atom stereocenters. The minimum atomic E-state index is -2.59. The van der Waals surface area contributed by atoms with Crippen LogP contribution in [0.2, 0.25) is 0 Å². The molecule has 0 aromatic carbocycles. The Hall–Kier alpha value is -1.18. The number of aliphatic hydroxyl groups is 2. The predicted octanol–water partition coefficient (Wildman–Crippen LogP) is -2.01. The van der Waals surface area contributed by atoms with Crippen LogP contribution in [0, 0.1) is 0 Å². The zero-order valence-electron chi connectivity index (χ0n) is 6.38. The molecule has 0 aliphatic carbocycles. The Morgan fingerprint density at radius 3 is 2.15 bits per heavy atom. The highest BCUT2D eigenvalue weighted by atomic mass is 16.7. The lowest BCUT2D eigenvalue weighted by molar-refractivity contribution is -0.219. The van der Waals surface area contributed by atoms with Crippen molar-refractivity contribution < 1.29 is 34.8 Å². The van der Waals surface area contributed by atoms with E-state index in [2.05, 4.69) is 4.74 Å². The second-order valence-electron chi connectivity index (χ2n) is 2.74. The average Bonchev–Trinajstić information content (AvgIpc) is 2.28. The minimum absolute atomic E-state index is 0.653. The van der Waals surface area contributed by atoms with Crippen LogP contribution in [0.4, 0.5) is 0 Å². The lowest BCUT2D eigenvalue weighted by Gasteiger charge is -2.15. The summed E-state index contributed by atoms with van der Waals surface area (Å²) in [5.74, 6) is -5.82. The van der Waals surface area contributed by atoms with Gasteiger partial charge in [-0.25, -0.2) is 9.59 Å². The van der Waals surface area contributed by atoms with Crippen molar-refractivity contribution in [3.05, 3.63) is 0 Å². The van der Waals surface area contributed by atoms with Gasteiger partial charge in [-0.2, -0.15) is 0 Å². The van der Waals surface area contributed by atoms with Crippen LogP contribution in [-0.2, 0) is 14.3 Å². The van der Waals surface area contributed by atoms with Gasteiger partial charge in [0.1, 0.15) is 0 Å². The first-order valence-corrected chi connectivity index (χ1v) is 3.41. The Morgan fingerprint density at radius 2 is 1.92 bits per heavy atom. The van der Waals surface area contributed by atoms with Crippen LogP contribution in [0.25, 0.3) is 0 Å². The van der Waals surface area contributed by atoms with Gasteiger partial charge in [0, 0.05) is 6.42 Å². The van der Waals surface area contributed by atoms with Crippen LogP contribution < -0.4 is 0 Å². The van der Waals surface area contributed by atoms with Gasteiger partial charge in [0.05, 0.1) is 6.10 Å². The molecular weight excluding hydrogens is 184 g/mol. The molecule has 4 N–H and O–H groups in total. The number of aliphatic carboxylic acids is 2. The van der Waals surface area contributed by atoms with Gasteiger partial charge in [0.25, 0.3) is 5.79 Å². The van der Waals surface area contributed by atoms with Crippen molar-refractivity contribution in [1.82, 2.24) is 0 Å². The Morgan fingerprint density at radius 1 is 1.38 bits per heavy atom. The molecule has 1 rings (SSSR count).